The number of esters is 1. The molecule has 1 amide bonds. The summed E-state index contributed by atoms with van der Waals surface area (Å²) in [6.45, 7) is 1.45. The predicted octanol–water partition coefficient (Wildman–Crippen LogP) is -1.23. The van der Waals surface area contributed by atoms with Crippen molar-refractivity contribution in [2.24, 2.45) is 0 Å². The first kappa shape index (κ1) is 12.4. The van der Waals surface area contributed by atoms with Gasteiger partial charge in [-0.25, -0.2) is 4.79 Å². The molecule has 0 rings (SSSR count). The Hall–Kier alpha value is -1.63. The third-order valence-electron chi connectivity index (χ3n) is 1.04. The zero-order valence-corrected chi connectivity index (χ0v) is 7.86. The number of carbonyl (C=O) groups is 3. The van der Waals surface area contributed by atoms with Gasteiger partial charge in [0.1, 0.15) is 6.54 Å². The molecule has 0 aliphatic heterocycles. The largest absolute Gasteiger partial charge is 0.465 e. The monoisotopic (exact) mass is 205 g/mol. The molecule has 0 unspecified atom stereocenters. The van der Waals surface area contributed by atoms with E-state index in [1.54, 1.807) is 6.92 Å². The summed E-state index contributed by atoms with van der Waals surface area (Å²) in [6.07, 6.45) is 0. The number of rotatable bonds is 4. The lowest BCUT2D eigenvalue weighted by Gasteiger charge is -2.02. The number of hydrogen-bond acceptors (Lipinski definition) is 6. The number of carbonyl (C=O) groups excluding carboxylic acids is 3. The standard InChI is InChI=1S/C7H11NO6/c1-3-13-5(9)4-8-6(10)7(11)14-12-2/h3-4H2,1-2H3,(H,8,10). The Bertz CT molecular complexity index is 226. The molecule has 80 valence electrons. The van der Waals surface area contributed by atoms with Crippen molar-refractivity contribution in [1.82, 2.24) is 5.32 Å². The molecule has 0 heterocycles. The summed E-state index contributed by atoms with van der Waals surface area (Å²) >= 11 is 0. The quantitative estimate of drug-likeness (QED) is 0.267. The molecular formula is C7H11NO6. The molecule has 0 aliphatic rings. The van der Waals surface area contributed by atoms with Gasteiger partial charge in [0.25, 0.3) is 0 Å². The Kier molecular flexibility index (Phi) is 6.04. The van der Waals surface area contributed by atoms with Gasteiger partial charge in [0.2, 0.25) is 0 Å². The lowest BCUT2D eigenvalue weighted by Crippen LogP contribution is -2.36. The Morgan fingerprint density at radius 1 is 1.29 bits per heavy atom. The van der Waals surface area contributed by atoms with Crippen LogP contribution in [0.4, 0.5) is 0 Å². The first-order valence-corrected chi connectivity index (χ1v) is 3.80. The highest BCUT2D eigenvalue weighted by molar-refractivity contribution is 6.32. The van der Waals surface area contributed by atoms with Crippen molar-refractivity contribution in [3.8, 4) is 0 Å². The number of nitrogens with one attached hydrogen (secondary N) is 1. The van der Waals surface area contributed by atoms with Crippen molar-refractivity contribution in [2.75, 3.05) is 20.3 Å². The van der Waals surface area contributed by atoms with Crippen LogP contribution < -0.4 is 5.32 Å². The summed E-state index contributed by atoms with van der Waals surface area (Å²) in [4.78, 5) is 39.9. The molecule has 0 spiro atoms. The topological polar surface area (TPSA) is 90.9 Å². The lowest BCUT2D eigenvalue weighted by atomic mass is 10.5. The van der Waals surface area contributed by atoms with Crippen LogP contribution in [-0.2, 0) is 28.9 Å². The van der Waals surface area contributed by atoms with Gasteiger partial charge in [-0.15, -0.1) is 0 Å². The molecule has 0 saturated carbocycles. The highest BCUT2D eigenvalue weighted by Crippen LogP contribution is 1.80. The fourth-order valence-electron chi connectivity index (χ4n) is 0.550. The maximum absolute atomic E-state index is 10.8. The van der Waals surface area contributed by atoms with Gasteiger partial charge in [0.05, 0.1) is 13.7 Å². The minimum Gasteiger partial charge on any atom is -0.465 e. The molecule has 7 heteroatoms. The maximum Gasteiger partial charge on any atom is 0.429 e. The van der Waals surface area contributed by atoms with E-state index in [2.05, 4.69) is 14.5 Å². The van der Waals surface area contributed by atoms with Crippen LogP contribution in [0.2, 0.25) is 0 Å². The summed E-state index contributed by atoms with van der Waals surface area (Å²) in [6, 6.07) is 0. The molecule has 0 aromatic heterocycles. The summed E-state index contributed by atoms with van der Waals surface area (Å²) < 4.78 is 4.49. The maximum atomic E-state index is 10.8. The van der Waals surface area contributed by atoms with E-state index >= 15 is 0 Å². The van der Waals surface area contributed by atoms with Crippen LogP contribution in [0.5, 0.6) is 0 Å². The van der Waals surface area contributed by atoms with Gasteiger partial charge in [-0.2, -0.15) is 4.89 Å². The van der Waals surface area contributed by atoms with Crippen molar-refractivity contribution in [3.05, 3.63) is 0 Å². The van der Waals surface area contributed by atoms with E-state index in [4.69, 9.17) is 0 Å². The van der Waals surface area contributed by atoms with Crippen molar-refractivity contribution >= 4 is 17.8 Å². The van der Waals surface area contributed by atoms with E-state index < -0.39 is 17.8 Å². The Labute approximate surface area is 80.2 Å². The minimum absolute atomic E-state index is 0.206. The van der Waals surface area contributed by atoms with Gasteiger partial charge in [-0.3, -0.25) is 14.5 Å². The molecule has 0 aliphatic carbocycles. The van der Waals surface area contributed by atoms with Crippen LogP contribution >= 0.6 is 0 Å². The van der Waals surface area contributed by atoms with Crippen LogP contribution in [-0.4, -0.2) is 38.1 Å². The fraction of sp³-hybridized carbons (Fsp3) is 0.571. The molecule has 7 nitrogen and oxygen atoms in total. The van der Waals surface area contributed by atoms with Crippen molar-refractivity contribution in [3.63, 3.8) is 0 Å². The van der Waals surface area contributed by atoms with E-state index in [0.29, 0.717) is 0 Å². The first-order chi connectivity index (χ1) is 6.61. The number of hydrogen-bond donors (Lipinski definition) is 1. The third kappa shape index (κ3) is 5.09. The van der Waals surface area contributed by atoms with Gasteiger partial charge in [0, 0.05) is 0 Å². The average molecular weight is 205 g/mol. The predicted molar refractivity (Wildman–Crippen MR) is 42.7 cm³/mol. The molecule has 1 N–H and O–H groups in total. The summed E-state index contributed by atoms with van der Waals surface area (Å²) in [5.74, 6) is -2.93. The molecule has 0 atom stereocenters. The van der Waals surface area contributed by atoms with Crippen molar-refractivity contribution in [2.45, 2.75) is 6.92 Å². The molecule has 0 radical (unpaired) electrons. The van der Waals surface area contributed by atoms with Gasteiger partial charge in [0.15, 0.2) is 0 Å². The van der Waals surface area contributed by atoms with E-state index in [1.165, 1.54) is 0 Å². The minimum atomic E-state index is -1.23. The number of ether oxygens (including phenoxy) is 1. The zero-order valence-electron chi connectivity index (χ0n) is 7.86. The van der Waals surface area contributed by atoms with Gasteiger partial charge in [-0.05, 0) is 6.92 Å². The molecule has 0 bridgehead atoms. The third-order valence-corrected chi connectivity index (χ3v) is 1.04. The van der Waals surface area contributed by atoms with Gasteiger partial charge < -0.3 is 10.1 Å². The molecular weight excluding hydrogens is 194 g/mol. The van der Waals surface area contributed by atoms with Crippen LogP contribution in [0.15, 0.2) is 0 Å². The Morgan fingerprint density at radius 2 is 1.93 bits per heavy atom. The van der Waals surface area contributed by atoms with E-state index in [9.17, 15) is 14.4 Å². The second-order valence-electron chi connectivity index (χ2n) is 2.03. The van der Waals surface area contributed by atoms with Crippen LogP contribution in [0.25, 0.3) is 0 Å². The molecule has 0 fully saturated rings. The second-order valence-corrected chi connectivity index (χ2v) is 2.03. The van der Waals surface area contributed by atoms with Crippen molar-refractivity contribution < 1.29 is 28.9 Å². The van der Waals surface area contributed by atoms with E-state index in [0.717, 1.165) is 7.11 Å². The molecule has 0 saturated heterocycles. The van der Waals surface area contributed by atoms with Crippen molar-refractivity contribution in [1.29, 1.82) is 0 Å². The molecule has 0 aromatic rings. The smallest absolute Gasteiger partial charge is 0.429 e. The molecule has 14 heavy (non-hydrogen) atoms. The summed E-state index contributed by atoms with van der Waals surface area (Å²) in [7, 11) is 1.08. The SMILES string of the molecule is CCOC(=O)CNC(=O)C(=O)OOC. The highest BCUT2D eigenvalue weighted by Gasteiger charge is 2.16. The van der Waals surface area contributed by atoms with E-state index in [1.807, 2.05) is 5.32 Å². The first-order valence-electron chi connectivity index (χ1n) is 3.80. The molecule has 0 aromatic carbocycles. The average Bonchev–Trinajstić information content (AvgIpc) is 2.15. The summed E-state index contributed by atoms with van der Waals surface area (Å²) in [5, 5.41) is 1.98. The summed E-state index contributed by atoms with van der Waals surface area (Å²) in [5.41, 5.74) is 0. The van der Waals surface area contributed by atoms with Gasteiger partial charge >= 0.3 is 17.8 Å². The van der Waals surface area contributed by atoms with Crippen LogP contribution in [0.3, 0.4) is 0 Å². The van der Waals surface area contributed by atoms with Crippen LogP contribution in [0.1, 0.15) is 6.92 Å². The van der Waals surface area contributed by atoms with Gasteiger partial charge in [-0.1, -0.05) is 0 Å². The Balaban J connectivity index is 3.73. The fourth-order valence-corrected chi connectivity index (χ4v) is 0.550. The van der Waals surface area contributed by atoms with Crippen LogP contribution in [0, 0.1) is 0 Å². The highest BCUT2D eigenvalue weighted by atomic mass is 17.2. The lowest BCUT2D eigenvalue weighted by molar-refractivity contribution is -0.252. The van der Waals surface area contributed by atoms with E-state index in [-0.39, 0.29) is 13.2 Å². The Morgan fingerprint density at radius 3 is 2.43 bits per heavy atom. The number of amides is 1. The zero-order chi connectivity index (χ0) is 11.0. The second kappa shape index (κ2) is 6.84. The normalized spacial score (nSPS) is 9.00.